The van der Waals surface area contributed by atoms with Gasteiger partial charge in [-0.1, -0.05) is 103 Å². The molecule has 0 radical (unpaired) electrons. The van der Waals surface area contributed by atoms with Crippen LogP contribution in [-0.2, 0) is 5.41 Å². The molecule has 0 aliphatic carbocycles. The lowest BCUT2D eigenvalue weighted by Crippen LogP contribution is -2.25. The molecule has 0 amide bonds. The predicted molar refractivity (Wildman–Crippen MR) is 144 cm³/mol. The Hall–Kier alpha value is -4.30. The van der Waals surface area contributed by atoms with Gasteiger partial charge in [0.15, 0.2) is 0 Å². The van der Waals surface area contributed by atoms with Crippen molar-refractivity contribution in [3.63, 3.8) is 0 Å². The number of rotatable bonds is 5. The molecule has 0 saturated heterocycles. The van der Waals surface area contributed by atoms with Crippen LogP contribution in [0.1, 0.15) is 29.2 Å². The maximum Gasteiger partial charge on any atom is 0.123 e. The lowest BCUT2D eigenvalue weighted by atomic mass is 9.70. The first-order valence-electron chi connectivity index (χ1n) is 11.8. The monoisotopic (exact) mass is 456 g/mol. The van der Waals surface area contributed by atoms with Gasteiger partial charge in [-0.2, -0.15) is 0 Å². The number of aryl methyl sites for hydroxylation is 1. The van der Waals surface area contributed by atoms with Crippen LogP contribution in [0.5, 0.6) is 11.5 Å². The van der Waals surface area contributed by atoms with Crippen LogP contribution in [0.2, 0.25) is 0 Å². The minimum atomic E-state index is -0.526. The molecule has 0 atom stereocenters. The molecule has 0 saturated carbocycles. The Balaban J connectivity index is 1.75. The SMILES string of the molecule is Cc1ccc(C(C)(c2ccc(O)c(-c3ccccc3)c2)c2ccc(O)c(-c3ccccc3)c2)cc1. The van der Waals surface area contributed by atoms with Crippen molar-refractivity contribution in [1.29, 1.82) is 0 Å². The third-order valence-electron chi connectivity index (χ3n) is 6.95. The summed E-state index contributed by atoms with van der Waals surface area (Å²) in [5, 5.41) is 21.5. The molecule has 0 aliphatic rings. The van der Waals surface area contributed by atoms with E-state index in [0.717, 1.165) is 38.9 Å². The molecule has 0 aromatic heterocycles. The zero-order chi connectivity index (χ0) is 24.4. The molecule has 5 rings (SSSR count). The highest BCUT2D eigenvalue weighted by molar-refractivity contribution is 5.74. The highest BCUT2D eigenvalue weighted by Gasteiger charge is 2.32. The summed E-state index contributed by atoms with van der Waals surface area (Å²) in [6.45, 7) is 4.29. The van der Waals surface area contributed by atoms with Gasteiger partial charge >= 0.3 is 0 Å². The number of phenolic OH excluding ortho intramolecular Hbond substituents is 2. The predicted octanol–water partition coefficient (Wildman–Crippen LogP) is 8.09. The fourth-order valence-corrected chi connectivity index (χ4v) is 4.78. The normalized spacial score (nSPS) is 11.4. The lowest BCUT2D eigenvalue weighted by Gasteiger charge is -2.33. The molecule has 0 aliphatic heterocycles. The van der Waals surface area contributed by atoms with Gasteiger partial charge in [0.25, 0.3) is 0 Å². The summed E-state index contributed by atoms with van der Waals surface area (Å²) in [6, 6.07) is 40.2. The first-order chi connectivity index (χ1) is 17.0. The van der Waals surface area contributed by atoms with Crippen LogP contribution in [-0.4, -0.2) is 10.2 Å². The summed E-state index contributed by atoms with van der Waals surface area (Å²) in [7, 11) is 0. The van der Waals surface area contributed by atoms with Crippen LogP contribution in [0.25, 0.3) is 22.3 Å². The second-order valence-corrected chi connectivity index (χ2v) is 9.19. The average Bonchev–Trinajstić information content (AvgIpc) is 2.90. The van der Waals surface area contributed by atoms with E-state index in [2.05, 4.69) is 50.2 Å². The van der Waals surface area contributed by atoms with E-state index in [1.807, 2.05) is 72.8 Å². The van der Waals surface area contributed by atoms with Gasteiger partial charge in [0.2, 0.25) is 0 Å². The van der Waals surface area contributed by atoms with Gasteiger partial charge in [0, 0.05) is 16.5 Å². The highest BCUT2D eigenvalue weighted by Crippen LogP contribution is 2.44. The standard InChI is InChI=1S/C33H28O2/c1-23-13-15-26(16-14-23)33(2,27-17-19-31(34)29(21-27)24-9-5-3-6-10-24)28-18-20-32(35)30(22-28)25-11-7-4-8-12-25/h3-22,34-35H,1-2H3. The van der Waals surface area contributed by atoms with Crippen LogP contribution < -0.4 is 0 Å². The minimum absolute atomic E-state index is 0.252. The smallest absolute Gasteiger partial charge is 0.123 e. The molecule has 0 unspecified atom stereocenters. The van der Waals surface area contributed by atoms with E-state index in [1.165, 1.54) is 5.56 Å². The van der Waals surface area contributed by atoms with E-state index >= 15 is 0 Å². The first-order valence-corrected chi connectivity index (χ1v) is 11.8. The van der Waals surface area contributed by atoms with Crippen molar-refractivity contribution in [1.82, 2.24) is 0 Å². The maximum absolute atomic E-state index is 10.7. The molecular weight excluding hydrogens is 428 g/mol. The summed E-state index contributed by atoms with van der Waals surface area (Å²) >= 11 is 0. The van der Waals surface area contributed by atoms with Crippen LogP contribution in [0, 0.1) is 6.92 Å². The van der Waals surface area contributed by atoms with E-state index in [1.54, 1.807) is 12.1 Å². The molecule has 172 valence electrons. The third kappa shape index (κ3) is 4.20. The molecule has 2 heteroatoms. The maximum atomic E-state index is 10.7. The first kappa shape index (κ1) is 22.5. The number of aromatic hydroxyl groups is 2. The Labute approximate surface area is 206 Å². The Bertz CT molecular complexity index is 1360. The van der Waals surface area contributed by atoms with Gasteiger partial charge in [0.1, 0.15) is 11.5 Å². The molecule has 5 aromatic carbocycles. The van der Waals surface area contributed by atoms with Gasteiger partial charge in [-0.05, 0) is 65.9 Å². The minimum Gasteiger partial charge on any atom is -0.507 e. The Morgan fingerprint density at radius 1 is 0.486 bits per heavy atom. The van der Waals surface area contributed by atoms with Crippen molar-refractivity contribution in [2.45, 2.75) is 19.3 Å². The summed E-state index contributed by atoms with van der Waals surface area (Å²) in [5.74, 6) is 0.503. The zero-order valence-corrected chi connectivity index (χ0v) is 19.9. The number of benzene rings is 5. The number of phenols is 2. The zero-order valence-electron chi connectivity index (χ0n) is 19.9. The number of hydrogen-bond donors (Lipinski definition) is 2. The Morgan fingerprint density at radius 2 is 0.886 bits per heavy atom. The molecular formula is C33H28O2. The van der Waals surface area contributed by atoms with E-state index in [9.17, 15) is 10.2 Å². The average molecular weight is 457 g/mol. The van der Waals surface area contributed by atoms with Crippen LogP contribution >= 0.6 is 0 Å². The highest BCUT2D eigenvalue weighted by atomic mass is 16.3. The van der Waals surface area contributed by atoms with Crippen molar-refractivity contribution in [2.24, 2.45) is 0 Å². The van der Waals surface area contributed by atoms with Crippen molar-refractivity contribution < 1.29 is 10.2 Å². The summed E-state index contributed by atoms with van der Waals surface area (Å²) < 4.78 is 0. The van der Waals surface area contributed by atoms with Crippen LogP contribution in [0.3, 0.4) is 0 Å². The molecule has 2 N–H and O–H groups in total. The largest absolute Gasteiger partial charge is 0.507 e. The van der Waals surface area contributed by atoms with Gasteiger partial charge in [-0.25, -0.2) is 0 Å². The van der Waals surface area contributed by atoms with Crippen LogP contribution in [0.15, 0.2) is 121 Å². The van der Waals surface area contributed by atoms with E-state index in [0.29, 0.717) is 0 Å². The fourth-order valence-electron chi connectivity index (χ4n) is 4.78. The second-order valence-electron chi connectivity index (χ2n) is 9.19. The topological polar surface area (TPSA) is 40.5 Å². The van der Waals surface area contributed by atoms with Crippen LogP contribution in [0.4, 0.5) is 0 Å². The third-order valence-corrected chi connectivity index (χ3v) is 6.95. The fraction of sp³-hybridized carbons (Fsp3) is 0.0909. The molecule has 0 heterocycles. The summed E-state index contributed by atoms with van der Waals surface area (Å²) in [6.07, 6.45) is 0. The van der Waals surface area contributed by atoms with E-state index in [4.69, 9.17) is 0 Å². The van der Waals surface area contributed by atoms with Crippen molar-refractivity contribution >= 4 is 0 Å². The van der Waals surface area contributed by atoms with E-state index < -0.39 is 5.41 Å². The lowest BCUT2D eigenvalue weighted by molar-refractivity contribution is 0.476. The summed E-state index contributed by atoms with van der Waals surface area (Å²) in [4.78, 5) is 0. The van der Waals surface area contributed by atoms with Gasteiger partial charge in [0.05, 0.1) is 0 Å². The van der Waals surface area contributed by atoms with E-state index in [-0.39, 0.29) is 11.5 Å². The molecule has 35 heavy (non-hydrogen) atoms. The van der Waals surface area contributed by atoms with Crippen molar-refractivity contribution in [3.05, 3.63) is 144 Å². The molecule has 0 spiro atoms. The second kappa shape index (κ2) is 9.15. The Morgan fingerprint density at radius 3 is 1.31 bits per heavy atom. The van der Waals surface area contributed by atoms with Crippen molar-refractivity contribution in [3.8, 4) is 33.8 Å². The van der Waals surface area contributed by atoms with Gasteiger partial charge in [-0.15, -0.1) is 0 Å². The molecule has 0 fully saturated rings. The van der Waals surface area contributed by atoms with Crippen molar-refractivity contribution in [2.75, 3.05) is 0 Å². The number of hydrogen-bond acceptors (Lipinski definition) is 2. The van der Waals surface area contributed by atoms with Gasteiger partial charge < -0.3 is 10.2 Å². The summed E-state index contributed by atoms with van der Waals surface area (Å²) in [5.41, 5.74) is 7.45. The Kier molecular flexibility index (Phi) is 5.88. The van der Waals surface area contributed by atoms with Gasteiger partial charge in [-0.3, -0.25) is 0 Å². The quantitative estimate of drug-likeness (QED) is 0.262. The molecule has 5 aromatic rings. The molecule has 2 nitrogen and oxygen atoms in total. The molecule has 0 bridgehead atoms.